The third-order valence-electron chi connectivity index (χ3n) is 12.6. The molecule has 6 aromatic rings. The maximum atomic E-state index is 14.5. The topological polar surface area (TPSA) is 207 Å². The highest BCUT2D eigenvalue weighted by Crippen LogP contribution is 2.50. The number of nitrogens with zero attached hydrogens (tertiary/aromatic N) is 1. The second-order valence-corrected chi connectivity index (χ2v) is 24.8. The van der Waals surface area contributed by atoms with Crippen molar-refractivity contribution in [3.8, 4) is 11.5 Å². The molecule has 1 amide bonds. The Kier molecular flexibility index (Phi) is 20.7. The molecule has 0 saturated carbocycles. The largest absolute Gasteiger partial charge is 0.481 e. The molecule has 6 aromatic carbocycles. The van der Waals surface area contributed by atoms with Gasteiger partial charge in [-0.2, -0.15) is 4.31 Å². The molecule has 2 saturated heterocycles. The van der Waals surface area contributed by atoms with Crippen molar-refractivity contribution in [2.45, 2.75) is 82.6 Å². The monoisotopic (exact) mass is 1110 g/mol. The number of carbonyl (C=O) groups excluding carboxylic acids is 1. The van der Waals surface area contributed by atoms with Crippen LogP contribution in [0.3, 0.4) is 0 Å². The number of aliphatic hydroxyl groups is 1. The van der Waals surface area contributed by atoms with Crippen LogP contribution in [0.5, 0.6) is 11.5 Å². The number of fused-ring (bicyclic) bond motifs is 1. The zero-order valence-electron chi connectivity index (χ0n) is 42.9. The van der Waals surface area contributed by atoms with Gasteiger partial charge in [0.25, 0.3) is 7.57 Å². The van der Waals surface area contributed by atoms with Crippen molar-refractivity contribution in [3.05, 3.63) is 198 Å². The Hall–Kier alpha value is -5.69. The van der Waals surface area contributed by atoms with Gasteiger partial charge in [0.1, 0.15) is 17.6 Å². The lowest BCUT2D eigenvalue weighted by atomic mass is 10.0. The minimum Gasteiger partial charge on any atom is -0.481 e. The molecule has 5 atom stereocenters. The first-order valence-electron chi connectivity index (χ1n) is 25.4. The first-order chi connectivity index (χ1) is 37.2. The second kappa shape index (κ2) is 27.8. The third-order valence-corrected chi connectivity index (χ3v) is 17.3. The van der Waals surface area contributed by atoms with Gasteiger partial charge >= 0.3 is 13.7 Å². The van der Waals surface area contributed by atoms with Gasteiger partial charge in [-0.3, -0.25) is 4.57 Å². The van der Waals surface area contributed by atoms with Crippen LogP contribution in [0.4, 0.5) is 4.79 Å². The number of sulfonamides is 1. The van der Waals surface area contributed by atoms with Gasteiger partial charge in [0.05, 0.1) is 62.6 Å². The molecule has 2 fully saturated rings. The first kappa shape index (κ1) is 57.5. The van der Waals surface area contributed by atoms with Gasteiger partial charge in [-0.15, -0.1) is 0 Å². The lowest BCUT2D eigenvalue weighted by Gasteiger charge is -2.31. The quantitative estimate of drug-likeness (QED) is 0.0391. The molecule has 2 aliphatic heterocycles. The van der Waals surface area contributed by atoms with Crippen LogP contribution in [0.2, 0.25) is 0 Å². The normalized spacial score (nSPS) is 17.4. The molecule has 3 N–H and O–H groups in total. The van der Waals surface area contributed by atoms with E-state index in [0.717, 1.165) is 28.2 Å². The van der Waals surface area contributed by atoms with E-state index in [1.165, 1.54) is 28.6 Å². The van der Waals surface area contributed by atoms with Crippen molar-refractivity contribution in [1.82, 2.24) is 9.62 Å². The van der Waals surface area contributed by atoms with E-state index in [0.29, 0.717) is 24.3 Å². The van der Waals surface area contributed by atoms with Crippen molar-refractivity contribution in [2.24, 2.45) is 11.8 Å². The predicted molar refractivity (Wildman–Crippen MR) is 291 cm³/mol. The van der Waals surface area contributed by atoms with Crippen LogP contribution in [0, 0.1) is 11.8 Å². The highest BCUT2D eigenvalue weighted by atomic mass is 32.2. The fourth-order valence-corrected chi connectivity index (χ4v) is 12.4. The molecule has 0 bridgehead atoms. The van der Waals surface area contributed by atoms with E-state index in [-0.39, 0.29) is 74.8 Å². The van der Waals surface area contributed by atoms with E-state index in [9.17, 15) is 27.8 Å². The second-order valence-electron chi connectivity index (χ2n) is 19.0. The van der Waals surface area contributed by atoms with Crippen molar-refractivity contribution in [3.63, 3.8) is 0 Å². The third kappa shape index (κ3) is 17.4. The molecular formula is C57H66N2O15P2S. The summed E-state index contributed by atoms with van der Waals surface area (Å²) in [5.74, 6) is 1.35. The highest BCUT2D eigenvalue weighted by molar-refractivity contribution is 7.89. The number of aliphatic hydroxyl groups excluding tert-OH is 1. The van der Waals surface area contributed by atoms with Gasteiger partial charge < -0.3 is 57.1 Å². The van der Waals surface area contributed by atoms with Crippen molar-refractivity contribution >= 4 is 37.3 Å². The summed E-state index contributed by atoms with van der Waals surface area (Å²) in [6.45, 7) is 4.13. The van der Waals surface area contributed by atoms with E-state index < -0.39 is 62.4 Å². The van der Waals surface area contributed by atoms with Crippen molar-refractivity contribution < 1.29 is 69.6 Å². The maximum absolute atomic E-state index is 14.5. The Bertz CT molecular complexity index is 2890. The summed E-state index contributed by atoms with van der Waals surface area (Å²) in [7, 11) is -11.8. The molecule has 0 radical (unpaired) electrons. The van der Waals surface area contributed by atoms with Crippen LogP contribution in [-0.4, -0.2) is 92.0 Å². The SMILES string of the molecule is CC(C)CN(C[C@@H](O)[C@H](Cc1ccc(OCP(=O)(OCc2ccccc2)OCc2ccccc2)cc1)NC(=O)OC1CO[C@H]2OCC[C@@H]12)S(=O)(=O)c1ccc(OC=P(O)(OCc2ccccc2)OCc2ccccc2)cc1. The Morgan fingerprint density at radius 2 is 1.19 bits per heavy atom. The van der Waals surface area contributed by atoms with Gasteiger partial charge in [-0.1, -0.05) is 147 Å². The van der Waals surface area contributed by atoms with Crippen LogP contribution in [0.15, 0.2) is 175 Å². The van der Waals surface area contributed by atoms with Crippen molar-refractivity contribution in [2.75, 3.05) is 32.7 Å². The van der Waals surface area contributed by atoms with E-state index in [1.807, 2.05) is 135 Å². The first-order valence-corrected chi connectivity index (χ1v) is 30.2. The summed E-state index contributed by atoms with van der Waals surface area (Å²) in [5, 5.41) is 14.9. The van der Waals surface area contributed by atoms with E-state index in [4.69, 9.17) is 41.8 Å². The number of ether oxygens (including phenoxy) is 5. The van der Waals surface area contributed by atoms with Gasteiger partial charge in [0, 0.05) is 13.1 Å². The summed E-state index contributed by atoms with van der Waals surface area (Å²) in [6, 6.07) is 48.6. The number of hydrogen-bond donors (Lipinski definition) is 3. The predicted octanol–water partition coefficient (Wildman–Crippen LogP) is 10.1. The lowest BCUT2D eigenvalue weighted by Crippen LogP contribution is -2.51. The number of amides is 1. The fraction of sp³-hybridized carbons (Fsp3) is 0.333. The molecule has 0 aliphatic carbocycles. The number of benzene rings is 6. The zero-order chi connectivity index (χ0) is 54.1. The van der Waals surface area contributed by atoms with E-state index in [1.54, 1.807) is 24.3 Å². The Balaban J connectivity index is 0.958. The standard InChI is InChI=1S/C57H66N2O15P2S/c1-43(2)34-59(77(64,65)51-29-27-50(28-30-51)69-42-76(63,72-38-47-19-11-5-12-20-47)73-39-48-21-13-6-14-22-48)35-54(60)53(58-57(61)74-55-40-67-56-52(55)31-32-66-56)33-44-23-25-49(26-24-44)68-41-75(62,70-36-45-15-7-3-8-16-45)71-37-46-17-9-4-10-18-46/h3-30,42-43,52-56,60,63H,31-41H2,1-2H3,(H,58,61)/t52-,53-,54+,55?,56+/m0/s1. The van der Waals surface area contributed by atoms with Crippen LogP contribution >= 0.6 is 15.2 Å². The van der Waals surface area contributed by atoms with Gasteiger partial charge in [-0.05, 0) is 83.0 Å². The van der Waals surface area contributed by atoms with Crippen LogP contribution < -0.4 is 14.8 Å². The minimum absolute atomic E-state index is 0.0279. The van der Waals surface area contributed by atoms with Gasteiger partial charge in [0.15, 0.2) is 18.6 Å². The molecular weight excluding hydrogens is 1050 g/mol. The summed E-state index contributed by atoms with van der Waals surface area (Å²) in [4.78, 5) is 25.1. The molecule has 2 aliphatic rings. The fourth-order valence-electron chi connectivity index (χ4n) is 8.45. The molecule has 0 spiro atoms. The van der Waals surface area contributed by atoms with E-state index >= 15 is 0 Å². The van der Waals surface area contributed by atoms with Gasteiger partial charge in [-0.25, -0.2) is 13.2 Å². The zero-order valence-corrected chi connectivity index (χ0v) is 45.5. The number of alkyl carbamates (subject to hydrolysis) is 1. The average Bonchev–Trinajstić information content (AvgIpc) is 4.10. The molecule has 20 heteroatoms. The summed E-state index contributed by atoms with van der Waals surface area (Å²) in [6.07, 6.45) is -3.00. The van der Waals surface area contributed by atoms with Crippen LogP contribution in [0.25, 0.3) is 0 Å². The number of nitrogens with one attached hydrogen (secondary N) is 1. The van der Waals surface area contributed by atoms with Crippen LogP contribution in [0.1, 0.15) is 48.1 Å². The molecule has 2 heterocycles. The lowest BCUT2D eigenvalue weighted by molar-refractivity contribution is -0.0907. The molecule has 17 nitrogen and oxygen atoms in total. The number of carbonyl (C=O) groups is 1. The Labute approximate surface area is 450 Å². The molecule has 1 unspecified atom stereocenters. The smallest absolute Gasteiger partial charge is 0.407 e. The Morgan fingerprint density at radius 1 is 0.688 bits per heavy atom. The minimum atomic E-state index is -4.28. The molecule has 410 valence electrons. The van der Waals surface area contributed by atoms with Crippen molar-refractivity contribution in [1.29, 1.82) is 0 Å². The number of rotatable bonds is 28. The summed E-state index contributed by atoms with van der Waals surface area (Å²) < 4.78 is 96.9. The summed E-state index contributed by atoms with van der Waals surface area (Å²) in [5.41, 5.74) is 3.89. The molecule has 77 heavy (non-hydrogen) atoms. The molecule has 0 aromatic heterocycles. The van der Waals surface area contributed by atoms with E-state index in [2.05, 4.69) is 5.32 Å². The average molecular weight is 1110 g/mol. The summed E-state index contributed by atoms with van der Waals surface area (Å²) >= 11 is 0. The van der Waals surface area contributed by atoms with Gasteiger partial charge in [0.2, 0.25) is 10.0 Å². The highest BCUT2D eigenvalue weighted by Gasteiger charge is 2.44. The molecule has 8 rings (SSSR count). The maximum Gasteiger partial charge on any atom is 0.407 e. The van der Waals surface area contributed by atoms with Crippen LogP contribution in [-0.2, 0) is 79.7 Å². The number of hydrogen-bond acceptors (Lipinski definition) is 15. The Morgan fingerprint density at radius 3 is 1.71 bits per heavy atom.